The summed E-state index contributed by atoms with van der Waals surface area (Å²) in [5.74, 6) is -0.965. The molecule has 0 aliphatic carbocycles. The monoisotopic (exact) mass is 419 g/mol. The van der Waals surface area contributed by atoms with Crippen LogP contribution in [0.4, 0.5) is 5.69 Å². The Balaban J connectivity index is 1.81. The van der Waals surface area contributed by atoms with Crippen molar-refractivity contribution in [3.63, 3.8) is 0 Å². The average Bonchev–Trinajstić information content (AvgIpc) is 3.09. The number of ether oxygens (including phenoxy) is 1. The predicted octanol–water partition coefficient (Wildman–Crippen LogP) is 3.71. The lowest BCUT2D eigenvalue weighted by Crippen LogP contribution is -2.28. The van der Waals surface area contributed by atoms with Gasteiger partial charge in [-0.3, -0.25) is 14.2 Å². The van der Waals surface area contributed by atoms with E-state index >= 15 is 0 Å². The van der Waals surface area contributed by atoms with Gasteiger partial charge in [0.2, 0.25) is 5.91 Å². The van der Waals surface area contributed by atoms with Gasteiger partial charge in [0.05, 0.1) is 23.9 Å². The van der Waals surface area contributed by atoms with Crippen LogP contribution in [0.1, 0.15) is 30.1 Å². The molecule has 0 unspecified atom stereocenters. The second-order valence-corrected chi connectivity index (χ2v) is 7.35. The third-order valence-electron chi connectivity index (χ3n) is 3.93. The van der Waals surface area contributed by atoms with Gasteiger partial charge < -0.3 is 10.1 Å². The van der Waals surface area contributed by atoms with Crippen molar-refractivity contribution in [1.29, 1.82) is 0 Å². The number of halogens is 1. The van der Waals surface area contributed by atoms with Crippen molar-refractivity contribution in [3.8, 4) is 0 Å². The number of carbonyl (C=O) groups is 2. The first-order valence-corrected chi connectivity index (χ1v) is 9.94. The molecule has 0 saturated heterocycles. The summed E-state index contributed by atoms with van der Waals surface area (Å²) in [5.41, 5.74) is 0.239. The predicted molar refractivity (Wildman–Crippen MR) is 109 cm³/mol. The van der Waals surface area contributed by atoms with Crippen LogP contribution < -0.4 is 10.9 Å². The molecule has 146 valence electrons. The number of thiophene rings is 1. The van der Waals surface area contributed by atoms with Crippen molar-refractivity contribution in [2.75, 3.05) is 11.9 Å². The standard InChI is InChI=1S/C19H18ClN3O4S/c1-2-3-7-27-19(26)14-10-28-17-16(14)18(25)23(11-21-17)9-15(24)22-13-6-4-5-12(20)8-13/h4-6,8,10-11H,2-3,7,9H2,1H3,(H,22,24). The largest absolute Gasteiger partial charge is 0.462 e. The first-order valence-electron chi connectivity index (χ1n) is 8.68. The summed E-state index contributed by atoms with van der Waals surface area (Å²) in [5, 5.41) is 4.89. The highest BCUT2D eigenvalue weighted by Crippen LogP contribution is 2.22. The Morgan fingerprint density at radius 3 is 2.93 bits per heavy atom. The van der Waals surface area contributed by atoms with E-state index < -0.39 is 17.4 Å². The third kappa shape index (κ3) is 4.58. The molecule has 9 heteroatoms. The quantitative estimate of drug-likeness (QED) is 0.465. The van der Waals surface area contributed by atoms with Gasteiger partial charge in [-0.25, -0.2) is 9.78 Å². The molecule has 7 nitrogen and oxygen atoms in total. The molecule has 2 aromatic heterocycles. The summed E-state index contributed by atoms with van der Waals surface area (Å²) < 4.78 is 6.37. The highest BCUT2D eigenvalue weighted by molar-refractivity contribution is 7.17. The van der Waals surface area contributed by atoms with E-state index in [2.05, 4.69) is 10.3 Å². The highest BCUT2D eigenvalue weighted by atomic mass is 35.5. The normalized spacial score (nSPS) is 10.8. The van der Waals surface area contributed by atoms with E-state index in [9.17, 15) is 14.4 Å². The van der Waals surface area contributed by atoms with Crippen LogP contribution in [0, 0.1) is 0 Å². The summed E-state index contributed by atoms with van der Waals surface area (Å²) in [4.78, 5) is 42.0. The van der Waals surface area contributed by atoms with Gasteiger partial charge in [0, 0.05) is 16.1 Å². The fourth-order valence-electron chi connectivity index (χ4n) is 2.54. The number of amides is 1. The van der Waals surface area contributed by atoms with Crippen LogP contribution in [-0.4, -0.2) is 28.0 Å². The summed E-state index contributed by atoms with van der Waals surface area (Å²) in [6, 6.07) is 6.70. The van der Waals surface area contributed by atoms with Gasteiger partial charge in [0.15, 0.2) is 0 Å². The number of benzene rings is 1. The van der Waals surface area contributed by atoms with Gasteiger partial charge in [-0.2, -0.15) is 0 Å². The number of anilines is 1. The third-order valence-corrected chi connectivity index (χ3v) is 5.06. The van der Waals surface area contributed by atoms with Crippen molar-refractivity contribution >= 4 is 50.7 Å². The maximum atomic E-state index is 12.8. The molecule has 0 aliphatic rings. The number of esters is 1. The molecule has 0 aliphatic heterocycles. The number of rotatable bonds is 7. The fourth-order valence-corrected chi connectivity index (χ4v) is 3.60. The molecule has 0 radical (unpaired) electrons. The molecule has 0 atom stereocenters. The van der Waals surface area contributed by atoms with Crippen molar-refractivity contribution in [2.45, 2.75) is 26.3 Å². The zero-order valence-corrected chi connectivity index (χ0v) is 16.7. The van der Waals surface area contributed by atoms with Gasteiger partial charge in [0.25, 0.3) is 5.56 Å². The Kier molecular flexibility index (Phi) is 6.43. The molecule has 3 aromatic rings. The first kappa shape index (κ1) is 20.0. The maximum absolute atomic E-state index is 12.8. The smallest absolute Gasteiger partial charge is 0.339 e. The van der Waals surface area contributed by atoms with Crippen LogP contribution in [0.3, 0.4) is 0 Å². The van der Waals surface area contributed by atoms with Gasteiger partial charge in [-0.05, 0) is 24.6 Å². The Morgan fingerprint density at radius 1 is 1.36 bits per heavy atom. The van der Waals surface area contributed by atoms with Gasteiger partial charge in [-0.1, -0.05) is 31.0 Å². The molecule has 1 amide bonds. The van der Waals surface area contributed by atoms with E-state index in [4.69, 9.17) is 16.3 Å². The van der Waals surface area contributed by atoms with Crippen molar-refractivity contribution in [2.24, 2.45) is 0 Å². The Hall–Kier alpha value is -2.71. The highest BCUT2D eigenvalue weighted by Gasteiger charge is 2.19. The molecule has 0 spiro atoms. The lowest BCUT2D eigenvalue weighted by atomic mass is 10.2. The topological polar surface area (TPSA) is 90.3 Å². The summed E-state index contributed by atoms with van der Waals surface area (Å²) in [6.07, 6.45) is 2.94. The van der Waals surface area contributed by atoms with Crippen LogP contribution in [-0.2, 0) is 16.1 Å². The number of unbranched alkanes of at least 4 members (excludes halogenated alkanes) is 1. The van der Waals surface area contributed by atoms with Crippen molar-refractivity contribution in [3.05, 3.63) is 56.9 Å². The van der Waals surface area contributed by atoms with Gasteiger partial charge in [-0.15, -0.1) is 11.3 Å². The summed E-state index contributed by atoms with van der Waals surface area (Å²) >= 11 is 7.09. The minimum Gasteiger partial charge on any atom is -0.462 e. The number of carbonyl (C=O) groups excluding carboxylic acids is 2. The van der Waals surface area contributed by atoms with E-state index in [-0.39, 0.29) is 17.5 Å². The van der Waals surface area contributed by atoms with Gasteiger partial charge >= 0.3 is 5.97 Å². The minimum atomic E-state index is -0.556. The fraction of sp³-hybridized carbons (Fsp3) is 0.263. The Labute approximate surface area is 169 Å². The van der Waals surface area contributed by atoms with E-state index in [1.54, 1.807) is 29.6 Å². The van der Waals surface area contributed by atoms with E-state index in [1.165, 1.54) is 17.7 Å². The van der Waals surface area contributed by atoms with Crippen molar-refractivity contribution < 1.29 is 14.3 Å². The number of nitrogens with zero attached hydrogens (tertiary/aromatic N) is 2. The molecule has 1 N–H and O–H groups in total. The average molecular weight is 420 g/mol. The number of nitrogens with one attached hydrogen (secondary N) is 1. The second kappa shape index (κ2) is 8.99. The molecule has 0 saturated carbocycles. The van der Waals surface area contributed by atoms with E-state index in [1.807, 2.05) is 6.92 Å². The number of hydrogen-bond donors (Lipinski definition) is 1. The molecule has 2 heterocycles. The van der Waals surface area contributed by atoms with Crippen LogP contribution >= 0.6 is 22.9 Å². The summed E-state index contributed by atoms with van der Waals surface area (Å²) in [7, 11) is 0. The van der Waals surface area contributed by atoms with E-state index in [0.717, 1.165) is 17.4 Å². The van der Waals surface area contributed by atoms with Crippen LogP contribution in [0.5, 0.6) is 0 Å². The number of hydrogen-bond acceptors (Lipinski definition) is 6. The number of aromatic nitrogens is 2. The molecular formula is C19H18ClN3O4S. The Morgan fingerprint density at radius 2 is 2.18 bits per heavy atom. The SMILES string of the molecule is CCCCOC(=O)c1csc2ncn(CC(=O)Nc3cccc(Cl)c3)c(=O)c12. The molecular weight excluding hydrogens is 402 g/mol. The summed E-state index contributed by atoms with van der Waals surface area (Å²) in [6.45, 7) is 2.04. The van der Waals surface area contributed by atoms with Crippen molar-refractivity contribution in [1.82, 2.24) is 9.55 Å². The second-order valence-electron chi connectivity index (χ2n) is 6.06. The zero-order valence-electron chi connectivity index (χ0n) is 15.1. The van der Waals surface area contributed by atoms with Crippen LogP contribution in [0.2, 0.25) is 5.02 Å². The molecule has 0 fully saturated rings. The lowest BCUT2D eigenvalue weighted by molar-refractivity contribution is -0.116. The van der Waals surface area contributed by atoms with Crippen LogP contribution in [0.25, 0.3) is 10.2 Å². The van der Waals surface area contributed by atoms with Gasteiger partial charge in [0.1, 0.15) is 11.4 Å². The minimum absolute atomic E-state index is 0.171. The Bertz CT molecular complexity index is 1080. The lowest BCUT2D eigenvalue weighted by Gasteiger charge is -2.08. The molecule has 3 rings (SSSR count). The number of fused-ring (bicyclic) bond motifs is 1. The van der Waals surface area contributed by atoms with Crippen LogP contribution in [0.15, 0.2) is 40.8 Å². The molecule has 28 heavy (non-hydrogen) atoms. The van der Waals surface area contributed by atoms with E-state index in [0.29, 0.717) is 22.1 Å². The zero-order chi connectivity index (χ0) is 20.1. The molecule has 1 aromatic carbocycles. The molecule has 0 bridgehead atoms. The first-order chi connectivity index (χ1) is 13.5. The maximum Gasteiger partial charge on any atom is 0.339 e.